The van der Waals surface area contributed by atoms with Crippen molar-refractivity contribution in [2.45, 2.75) is 52.1 Å². The lowest BCUT2D eigenvalue weighted by Gasteiger charge is -2.24. The lowest BCUT2D eigenvalue weighted by Crippen LogP contribution is -2.39. The number of nitrogens with one attached hydrogen (secondary N) is 2. The lowest BCUT2D eigenvalue weighted by atomic mass is 9.94. The molecule has 0 amide bonds. The molecular formula is C12H19N3O. The van der Waals surface area contributed by atoms with Gasteiger partial charge in [0, 0.05) is 23.6 Å². The normalized spacial score (nSPS) is 20.6. The zero-order chi connectivity index (χ0) is 11.9. The smallest absolute Gasteiger partial charge is 0.254 e. The van der Waals surface area contributed by atoms with E-state index >= 15 is 0 Å². The van der Waals surface area contributed by atoms with E-state index in [1.165, 1.54) is 0 Å². The first-order valence-electron chi connectivity index (χ1n) is 5.74. The number of aromatic amines is 1. The predicted molar refractivity (Wildman–Crippen MR) is 63.6 cm³/mol. The predicted octanol–water partition coefficient (Wildman–Crippen LogP) is 1.10. The van der Waals surface area contributed by atoms with E-state index in [9.17, 15) is 4.79 Å². The quantitative estimate of drug-likeness (QED) is 0.689. The summed E-state index contributed by atoms with van der Waals surface area (Å²) in [5, 5.41) is 3.33. The Morgan fingerprint density at radius 2 is 2.06 bits per heavy atom. The van der Waals surface area contributed by atoms with E-state index in [1.807, 2.05) is 0 Å². The van der Waals surface area contributed by atoms with Gasteiger partial charge in [0.25, 0.3) is 5.56 Å². The SMILES string of the molecule is CC1Cc2c(nc(C(C)(C)C)[nH]c2=O)CN1. The van der Waals surface area contributed by atoms with Crippen molar-refractivity contribution < 1.29 is 0 Å². The Labute approximate surface area is 95.5 Å². The third-order valence-electron chi connectivity index (χ3n) is 2.94. The number of rotatable bonds is 0. The lowest BCUT2D eigenvalue weighted by molar-refractivity contribution is 0.481. The van der Waals surface area contributed by atoms with Gasteiger partial charge in [0.1, 0.15) is 5.82 Å². The number of hydrogen-bond donors (Lipinski definition) is 2. The average molecular weight is 221 g/mol. The van der Waals surface area contributed by atoms with Crippen molar-refractivity contribution in [3.05, 3.63) is 27.4 Å². The first-order chi connectivity index (χ1) is 7.38. The summed E-state index contributed by atoms with van der Waals surface area (Å²) in [5.74, 6) is 0.771. The van der Waals surface area contributed by atoms with Gasteiger partial charge in [-0.3, -0.25) is 4.79 Å². The first-order valence-corrected chi connectivity index (χ1v) is 5.74. The maximum atomic E-state index is 12.0. The molecule has 0 bridgehead atoms. The van der Waals surface area contributed by atoms with Crippen LogP contribution in [-0.4, -0.2) is 16.0 Å². The van der Waals surface area contributed by atoms with E-state index in [-0.39, 0.29) is 11.0 Å². The molecule has 0 saturated heterocycles. The van der Waals surface area contributed by atoms with Crippen molar-refractivity contribution in [3.63, 3.8) is 0 Å². The molecule has 0 aromatic carbocycles. The molecule has 88 valence electrons. The van der Waals surface area contributed by atoms with Crippen LogP contribution in [0.15, 0.2) is 4.79 Å². The highest BCUT2D eigenvalue weighted by atomic mass is 16.1. The van der Waals surface area contributed by atoms with Gasteiger partial charge in [-0.15, -0.1) is 0 Å². The van der Waals surface area contributed by atoms with Crippen LogP contribution in [0.3, 0.4) is 0 Å². The zero-order valence-corrected chi connectivity index (χ0v) is 10.3. The molecule has 1 aromatic rings. The number of nitrogens with zero attached hydrogens (tertiary/aromatic N) is 1. The second-order valence-corrected chi connectivity index (χ2v) is 5.58. The minimum Gasteiger partial charge on any atom is -0.310 e. The molecule has 2 N–H and O–H groups in total. The first kappa shape index (κ1) is 11.3. The Balaban J connectivity index is 2.51. The Morgan fingerprint density at radius 1 is 1.38 bits per heavy atom. The van der Waals surface area contributed by atoms with Gasteiger partial charge in [-0.1, -0.05) is 20.8 Å². The van der Waals surface area contributed by atoms with Gasteiger partial charge in [0.15, 0.2) is 0 Å². The van der Waals surface area contributed by atoms with E-state index in [0.29, 0.717) is 12.6 Å². The zero-order valence-electron chi connectivity index (χ0n) is 10.3. The third-order valence-corrected chi connectivity index (χ3v) is 2.94. The number of fused-ring (bicyclic) bond motifs is 1. The van der Waals surface area contributed by atoms with Crippen LogP contribution in [0.2, 0.25) is 0 Å². The highest BCUT2D eigenvalue weighted by Gasteiger charge is 2.23. The van der Waals surface area contributed by atoms with Crippen LogP contribution in [0.5, 0.6) is 0 Å². The minimum absolute atomic E-state index is 0.0308. The monoisotopic (exact) mass is 221 g/mol. The molecule has 0 saturated carbocycles. The van der Waals surface area contributed by atoms with E-state index in [4.69, 9.17) is 0 Å². The van der Waals surface area contributed by atoms with Crippen LogP contribution in [-0.2, 0) is 18.4 Å². The molecule has 2 rings (SSSR count). The molecule has 1 aliphatic rings. The van der Waals surface area contributed by atoms with Crippen LogP contribution < -0.4 is 10.9 Å². The Morgan fingerprint density at radius 3 is 2.69 bits per heavy atom. The van der Waals surface area contributed by atoms with E-state index in [0.717, 1.165) is 23.5 Å². The van der Waals surface area contributed by atoms with Crippen molar-refractivity contribution in [2.75, 3.05) is 0 Å². The van der Waals surface area contributed by atoms with Crippen LogP contribution in [0.1, 0.15) is 44.8 Å². The van der Waals surface area contributed by atoms with Gasteiger partial charge in [-0.05, 0) is 13.3 Å². The average Bonchev–Trinajstić information content (AvgIpc) is 2.17. The molecule has 1 aliphatic heterocycles. The molecule has 4 nitrogen and oxygen atoms in total. The largest absolute Gasteiger partial charge is 0.310 e. The highest BCUT2D eigenvalue weighted by Crippen LogP contribution is 2.19. The second kappa shape index (κ2) is 3.70. The molecule has 4 heteroatoms. The highest BCUT2D eigenvalue weighted by molar-refractivity contribution is 5.23. The van der Waals surface area contributed by atoms with Gasteiger partial charge in [0.2, 0.25) is 0 Å². The van der Waals surface area contributed by atoms with E-state index in [1.54, 1.807) is 0 Å². The summed E-state index contributed by atoms with van der Waals surface area (Å²) < 4.78 is 0. The number of H-pyrrole nitrogens is 1. The topological polar surface area (TPSA) is 57.8 Å². The Kier molecular flexibility index (Phi) is 2.62. The summed E-state index contributed by atoms with van der Waals surface area (Å²) in [6.45, 7) is 8.94. The summed E-state index contributed by atoms with van der Waals surface area (Å²) >= 11 is 0. The number of aromatic nitrogens is 2. The van der Waals surface area contributed by atoms with Crippen molar-refractivity contribution in [1.29, 1.82) is 0 Å². The molecule has 16 heavy (non-hydrogen) atoms. The molecule has 1 atom stereocenters. The molecule has 0 aliphatic carbocycles. The third kappa shape index (κ3) is 2.02. The maximum absolute atomic E-state index is 12.0. The van der Waals surface area contributed by atoms with Gasteiger partial charge in [-0.2, -0.15) is 0 Å². The summed E-state index contributed by atoms with van der Waals surface area (Å²) in [7, 11) is 0. The Hall–Kier alpha value is -1.16. The van der Waals surface area contributed by atoms with Crippen molar-refractivity contribution in [2.24, 2.45) is 0 Å². The summed E-state index contributed by atoms with van der Waals surface area (Å²) in [4.78, 5) is 19.4. The minimum atomic E-state index is -0.114. The van der Waals surface area contributed by atoms with Crippen LogP contribution in [0.4, 0.5) is 0 Å². The fourth-order valence-electron chi connectivity index (χ4n) is 1.91. The van der Waals surface area contributed by atoms with Crippen molar-refractivity contribution in [3.8, 4) is 0 Å². The van der Waals surface area contributed by atoms with Crippen LogP contribution in [0.25, 0.3) is 0 Å². The molecule has 0 radical (unpaired) electrons. The summed E-state index contributed by atoms with van der Waals surface area (Å²) in [6.07, 6.45) is 0.766. The summed E-state index contributed by atoms with van der Waals surface area (Å²) in [6, 6.07) is 0.357. The van der Waals surface area contributed by atoms with Gasteiger partial charge >= 0.3 is 0 Å². The fraction of sp³-hybridized carbons (Fsp3) is 0.667. The fourth-order valence-corrected chi connectivity index (χ4v) is 1.91. The Bertz CT molecular complexity index is 456. The second-order valence-electron chi connectivity index (χ2n) is 5.58. The molecule has 1 unspecified atom stereocenters. The molecular weight excluding hydrogens is 202 g/mol. The van der Waals surface area contributed by atoms with Crippen LogP contribution in [0, 0.1) is 0 Å². The van der Waals surface area contributed by atoms with Gasteiger partial charge in [0.05, 0.1) is 5.69 Å². The number of hydrogen-bond acceptors (Lipinski definition) is 3. The molecule has 2 heterocycles. The van der Waals surface area contributed by atoms with E-state index < -0.39 is 0 Å². The van der Waals surface area contributed by atoms with Crippen molar-refractivity contribution >= 4 is 0 Å². The standard InChI is InChI=1S/C12H19N3O/c1-7-5-8-9(6-13-7)14-11(12(2,3)4)15-10(8)16/h7,13H,5-6H2,1-4H3,(H,14,15,16). The van der Waals surface area contributed by atoms with Crippen molar-refractivity contribution in [1.82, 2.24) is 15.3 Å². The van der Waals surface area contributed by atoms with Gasteiger partial charge < -0.3 is 10.3 Å². The maximum Gasteiger partial charge on any atom is 0.254 e. The molecule has 0 spiro atoms. The summed E-state index contributed by atoms with van der Waals surface area (Å²) in [5.41, 5.74) is 1.67. The van der Waals surface area contributed by atoms with E-state index in [2.05, 4.69) is 43.0 Å². The molecule has 0 fully saturated rings. The van der Waals surface area contributed by atoms with Crippen LogP contribution >= 0.6 is 0 Å². The van der Waals surface area contributed by atoms with Gasteiger partial charge in [-0.25, -0.2) is 4.98 Å². The molecule has 1 aromatic heterocycles.